The molecule has 0 aliphatic rings. The Labute approximate surface area is 125 Å². The van der Waals surface area contributed by atoms with Crippen molar-refractivity contribution in [1.29, 1.82) is 0 Å². The molecule has 0 spiro atoms. The van der Waals surface area contributed by atoms with Gasteiger partial charge in [-0.15, -0.1) is 0 Å². The van der Waals surface area contributed by atoms with Gasteiger partial charge >= 0.3 is 0 Å². The third-order valence-corrected chi connectivity index (χ3v) is 3.60. The lowest BCUT2D eigenvalue weighted by Gasteiger charge is -2.07. The van der Waals surface area contributed by atoms with Crippen molar-refractivity contribution in [1.82, 2.24) is 4.98 Å². The van der Waals surface area contributed by atoms with Crippen LogP contribution in [0.2, 0.25) is 0 Å². The third-order valence-electron chi connectivity index (χ3n) is 2.51. The van der Waals surface area contributed by atoms with Crippen LogP contribution >= 0.6 is 11.3 Å². The van der Waals surface area contributed by atoms with E-state index in [9.17, 15) is 9.59 Å². The van der Waals surface area contributed by atoms with Crippen LogP contribution in [-0.2, 0) is 4.79 Å². The molecule has 0 radical (unpaired) electrons. The first-order valence-corrected chi connectivity index (χ1v) is 6.94. The largest absolute Gasteiger partial charge is 0.382 e. The number of nitrogens with one attached hydrogen (secondary N) is 3. The molecule has 0 bridgehead atoms. The summed E-state index contributed by atoms with van der Waals surface area (Å²) >= 11 is 1.17. The van der Waals surface area contributed by atoms with Crippen LogP contribution in [0, 0.1) is 0 Å². The predicted octanol–water partition coefficient (Wildman–Crippen LogP) is 1.98. The summed E-state index contributed by atoms with van der Waals surface area (Å²) in [6.45, 7) is 1.42. The molecule has 0 saturated carbocycles. The first-order valence-electron chi connectivity index (χ1n) is 6.12. The van der Waals surface area contributed by atoms with E-state index >= 15 is 0 Å². The molecule has 0 saturated heterocycles. The molecule has 0 fully saturated rings. The molecule has 21 heavy (non-hydrogen) atoms. The summed E-state index contributed by atoms with van der Waals surface area (Å²) in [4.78, 5) is 27.5. The first kappa shape index (κ1) is 14.8. The van der Waals surface area contributed by atoms with Crippen molar-refractivity contribution in [3.8, 4) is 0 Å². The zero-order chi connectivity index (χ0) is 15.4. The number of nitrogens with two attached hydrogens (primary N) is 1. The Morgan fingerprint density at radius 1 is 1.24 bits per heavy atom. The van der Waals surface area contributed by atoms with Crippen molar-refractivity contribution in [2.75, 3.05) is 28.7 Å². The Morgan fingerprint density at radius 2 is 1.90 bits per heavy atom. The van der Waals surface area contributed by atoms with E-state index in [2.05, 4.69) is 20.9 Å². The van der Waals surface area contributed by atoms with E-state index in [1.54, 1.807) is 31.3 Å². The van der Waals surface area contributed by atoms with Crippen LogP contribution in [-0.4, -0.2) is 23.8 Å². The summed E-state index contributed by atoms with van der Waals surface area (Å²) in [6, 6.07) is 6.85. The molecule has 0 aliphatic carbocycles. The Bertz CT molecular complexity index is 683. The normalized spacial score (nSPS) is 10.0. The lowest BCUT2D eigenvalue weighted by molar-refractivity contribution is -0.114. The van der Waals surface area contributed by atoms with Crippen LogP contribution in [0.1, 0.15) is 16.6 Å². The highest BCUT2D eigenvalue weighted by atomic mass is 32.1. The highest BCUT2D eigenvalue weighted by molar-refractivity contribution is 7.18. The van der Waals surface area contributed by atoms with Gasteiger partial charge < -0.3 is 21.7 Å². The summed E-state index contributed by atoms with van der Waals surface area (Å²) in [5.74, 6) is -0.338. The highest BCUT2D eigenvalue weighted by Crippen LogP contribution is 2.25. The second kappa shape index (κ2) is 6.23. The van der Waals surface area contributed by atoms with Crippen LogP contribution in [0.5, 0.6) is 0 Å². The molecule has 0 unspecified atom stereocenters. The minimum Gasteiger partial charge on any atom is -0.382 e. The Balaban J connectivity index is 2.15. The Morgan fingerprint density at radius 3 is 2.48 bits per heavy atom. The SMILES string of the molecule is CNc1nc(N)c(C(=O)Nc2cccc(NC(C)=O)c2)s1. The van der Waals surface area contributed by atoms with Crippen molar-refractivity contribution in [2.45, 2.75) is 6.92 Å². The van der Waals surface area contributed by atoms with Gasteiger partial charge in [0.25, 0.3) is 5.91 Å². The molecule has 5 N–H and O–H groups in total. The molecule has 2 amide bonds. The van der Waals surface area contributed by atoms with Gasteiger partial charge in [0.2, 0.25) is 5.91 Å². The van der Waals surface area contributed by atoms with Crippen LogP contribution in [0.25, 0.3) is 0 Å². The van der Waals surface area contributed by atoms with E-state index in [1.807, 2.05) is 0 Å². The number of rotatable bonds is 4. The van der Waals surface area contributed by atoms with Gasteiger partial charge in [-0.1, -0.05) is 17.4 Å². The van der Waals surface area contributed by atoms with Crippen molar-refractivity contribution >= 4 is 45.5 Å². The topological polar surface area (TPSA) is 109 Å². The average Bonchev–Trinajstić information content (AvgIpc) is 2.80. The predicted molar refractivity (Wildman–Crippen MR) is 84.8 cm³/mol. The van der Waals surface area contributed by atoms with E-state index in [-0.39, 0.29) is 17.6 Å². The van der Waals surface area contributed by atoms with Crippen LogP contribution < -0.4 is 21.7 Å². The van der Waals surface area contributed by atoms with Crippen molar-refractivity contribution in [2.24, 2.45) is 0 Å². The van der Waals surface area contributed by atoms with Crippen LogP contribution in [0.3, 0.4) is 0 Å². The highest BCUT2D eigenvalue weighted by Gasteiger charge is 2.16. The molecular weight excluding hydrogens is 290 g/mol. The minimum atomic E-state index is -0.341. The number of thiazole rings is 1. The summed E-state index contributed by atoms with van der Waals surface area (Å²) in [5.41, 5.74) is 6.87. The maximum atomic E-state index is 12.2. The van der Waals surface area contributed by atoms with Gasteiger partial charge in [0.1, 0.15) is 10.7 Å². The summed E-state index contributed by atoms with van der Waals surface area (Å²) in [5, 5.41) is 8.78. The fourth-order valence-electron chi connectivity index (χ4n) is 1.67. The summed E-state index contributed by atoms with van der Waals surface area (Å²) in [7, 11) is 1.71. The maximum absolute atomic E-state index is 12.2. The molecule has 1 heterocycles. The molecule has 0 aliphatic heterocycles. The summed E-state index contributed by atoms with van der Waals surface area (Å²) < 4.78 is 0. The molecule has 0 atom stereocenters. The number of carbonyl (C=O) groups excluding carboxylic acids is 2. The molecule has 8 heteroatoms. The molecular formula is C13H15N5O2S. The van der Waals surface area contributed by atoms with E-state index in [1.165, 1.54) is 18.3 Å². The van der Waals surface area contributed by atoms with Gasteiger partial charge in [-0.05, 0) is 18.2 Å². The zero-order valence-corrected chi connectivity index (χ0v) is 12.4. The number of nitrogens with zero attached hydrogens (tertiary/aromatic N) is 1. The Hall–Kier alpha value is -2.61. The number of benzene rings is 1. The number of amides is 2. The second-order valence-corrected chi connectivity index (χ2v) is 5.20. The molecule has 110 valence electrons. The van der Waals surface area contributed by atoms with Gasteiger partial charge in [-0.3, -0.25) is 9.59 Å². The fourth-order valence-corrected chi connectivity index (χ4v) is 2.40. The van der Waals surface area contributed by atoms with Crippen molar-refractivity contribution in [3.63, 3.8) is 0 Å². The lowest BCUT2D eigenvalue weighted by Crippen LogP contribution is -2.12. The molecule has 2 rings (SSSR count). The average molecular weight is 305 g/mol. The fraction of sp³-hybridized carbons (Fsp3) is 0.154. The number of hydrogen-bond donors (Lipinski definition) is 4. The number of aromatic nitrogens is 1. The van der Waals surface area contributed by atoms with Crippen LogP contribution in [0.15, 0.2) is 24.3 Å². The molecule has 7 nitrogen and oxygen atoms in total. The monoisotopic (exact) mass is 305 g/mol. The van der Waals surface area contributed by atoms with Gasteiger partial charge in [0.05, 0.1) is 0 Å². The molecule has 2 aromatic rings. The van der Waals surface area contributed by atoms with E-state index in [0.717, 1.165) is 0 Å². The molecule has 1 aromatic heterocycles. The quantitative estimate of drug-likeness (QED) is 0.690. The van der Waals surface area contributed by atoms with Crippen molar-refractivity contribution in [3.05, 3.63) is 29.1 Å². The summed E-state index contributed by atoms with van der Waals surface area (Å²) in [6.07, 6.45) is 0. The Kier molecular flexibility index (Phi) is 4.39. The number of hydrogen-bond acceptors (Lipinski definition) is 6. The van der Waals surface area contributed by atoms with Gasteiger partial charge in [0.15, 0.2) is 5.13 Å². The zero-order valence-electron chi connectivity index (χ0n) is 11.6. The second-order valence-electron chi connectivity index (χ2n) is 4.20. The van der Waals surface area contributed by atoms with Crippen LogP contribution in [0.4, 0.5) is 22.3 Å². The maximum Gasteiger partial charge on any atom is 0.269 e. The third kappa shape index (κ3) is 3.69. The number of nitrogen functional groups attached to an aromatic ring is 1. The van der Waals surface area contributed by atoms with Gasteiger partial charge in [0, 0.05) is 25.3 Å². The van der Waals surface area contributed by atoms with Crippen molar-refractivity contribution < 1.29 is 9.59 Å². The lowest BCUT2D eigenvalue weighted by atomic mass is 10.2. The van der Waals surface area contributed by atoms with E-state index in [4.69, 9.17) is 5.73 Å². The van der Waals surface area contributed by atoms with Gasteiger partial charge in [-0.25, -0.2) is 4.98 Å². The van der Waals surface area contributed by atoms with E-state index in [0.29, 0.717) is 21.4 Å². The smallest absolute Gasteiger partial charge is 0.269 e. The standard InChI is InChI=1S/C13H15N5O2S/c1-7(19)16-8-4-3-5-9(6-8)17-12(20)10-11(14)18-13(15-2)21-10/h3-6H,14H2,1-2H3,(H,15,18)(H,16,19)(H,17,20). The first-order chi connectivity index (χ1) is 9.99. The van der Waals surface area contributed by atoms with Gasteiger partial charge in [-0.2, -0.15) is 0 Å². The number of anilines is 4. The number of carbonyl (C=O) groups is 2. The minimum absolute atomic E-state index is 0.177. The van der Waals surface area contributed by atoms with E-state index < -0.39 is 0 Å². The molecule has 1 aromatic carbocycles.